The Morgan fingerprint density at radius 3 is 2.67 bits per heavy atom. The van der Waals surface area contributed by atoms with Gasteiger partial charge in [-0.05, 0) is 77.5 Å². The molecule has 204 valence electrons. The maximum absolute atomic E-state index is 14.3. The number of nitrogens with zero attached hydrogens (tertiary/aromatic N) is 2. The van der Waals surface area contributed by atoms with Crippen LogP contribution in [0.2, 0.25) is 0 Å². The van der Waals surface area contributed by atoms with E-state index >= 15 is 0 Å². The molecule has 11 heteroatoms. The van der Waals surface area contributed by atoms with Gasteiger partial charge in [0.1, 0.15) is 24.1 Å². The molecule has 0 bridgehead atoms. The Kier molecular flexibility index (Phi) is 11.3. The van der Waals surface area contributed by atoms with Crippen LogP contribution in [-0.2, 0) is 27.1 Å². The molecule has 2 rings (SSSR count). The van der Waals surface area contributed by atoms with Gasteiger partial charge in [0.05, 0.1) is 6.54 Å². The van der Waals surface area contributed by atoms with Crippen LogP contribution < -0.4 is 10.6 Å². The smallest absolute Gasteiger partial charge is 0.408 e. The Morgan fingerprint density at radius 2 is 2.00 bits per heavy atom. The number of ether oxygens (including phenoxy) is 2. The summed E-state index contributed by atoms with van der Waals surface area (Å²) >= 11 is 0. The summed E-state index contributed by atoms with van der Waals surface area (Å²) in [7, 11) is 1.21. The molecule has 1 aliphatic heterocycles. The second-order valence-electron chi connectivity index (χ2n) is 10.2. The van der Waals surface area contributed by atoms with E-state index in [4.69, 9.17) is 4.74 Å². The Balaban J connectivity index is 1.92. The molecule has 9 nitrogen and oxygen atoms in total. The third kappa shape index (κ3) is 11.0. The zero-order chi connectivity index (χ0) is 26.8. The number of unbranched alkanes of at least 4 members (excludes halogenated alkanes) is 1. The summed E-state index contributed by atoms with van der Waals surface area (Å²) in [6.45, 7) is 5.02. The lowest BCUT2D eigenvalue weighted by Gasteiger charge is -2.28. The fraction of sp³-hybridized carbons (Fsp3) is 0.720. The van der Waals surface area contributed by atoms with Gasteiger partial charge in [-0.25, -0.2) is 23.4 Å². The van der Waals surface area contributed by atoms with Gasteiger partial charge in [-0.2, -0.15) is 0 Å². The topological polar surface area (TPSA) is 113 Å². The minimum absolute atomic E-state index is 0.0459. The monoisotopic (exact) mass is 514 g/mol. The van der Waals surface area contributed by atoms with Crippen LogP contribution in [0, 0.1) is 0 Å². The van der Waals surface area contributed by atoms with E-state index in [0.717, 1.165) is 43.7 Å². The van der Waals surface area contributed by atoms with Crippen molar-refractivity contribution in [3.63, 3.8) is 0 Å². The van der Waals surface area contributed by atoms with Gasteiger partial charge in [0, 0.05) is 25.9 Å². The molecule has 0 fully saturated rings. The van der Waals surface area contributed by atoms with Gasteiger partial charge in [0.25, 0.3) is 5.92 Å². The summed E-state index contributed by atoms with van der Waals surface area (Å²) in [6, 6.07) is 2.84. The summed E-state index contributed by atoms with van der Waals surface area (Å²) in [6.07, 6.45) is 3.29. The molecule has 2 heterocycles. The summed E-state index contributed by atoms with van der Waals surface area (Å²) in [4.78, 5) is 29.8. The highest BCUT2D eigenvalue weighted by Gasteiger charge is 2.32. The van der Waals surface area contributed by atoms with Gasteiger partial charge in [-0.3, -0.25) is 4.90 Å². The third-order valence-corrected chi connectivity index (χ3v) is 5.64. The van der Waals surface area contributed by atoms with E-state index in [9.17, 15) is 23.5 Å². The number of anilines is 1. The van der Waals surface area contributed by atoms with Crippen molar-refractivity contribution in [3.05, 3.63) is 23.4 Å². The van der Waals surface area contributed by atoms with Gasteiger partial charge in [0.15, 0.2) is 0 Å². The standard InChI is InChI=1S/C25H40F2N4O5/c1-24(2,3)36-23(34)30-20(22(32)33)12-15-31(16-25(26,27)17-35-4)14-6-5-9-19-11-10-18-8-7-13-28-21(18)29-19/h10-11,20H,5-9,12-17H2,1-4H3,(H,28,29)(H,30,34)(H,32,33). The van der Waals surface area contributed by atoms with Crippen molar-refractivity contribution >= 4 is 17.9 Å². The van der Waals surface area contributed by atoms with Crippen LogP contribution in [-0.4, -0.2) is 84.5 Å². The predicted molar refractivity (Wildman–Crippen MR) is 133 cm³/mol. The number of amides is 1. The number of pyridine rings is 1. The van der Waals surface area contributed by atoms with Gasteiger partial charge in [0.2, 0.25) is 0 Å². The number of hydrogen-bond acceptors (Lipinski definition) is 7. The van der Waals surface area contributed by atoms with Gasteiger partial charge >= 0.3 is 12.1 Å². The zero-order valence-corrected chi connectivity index (χ0v) is 21.7. The SMILES string of the molecule is COCC(F)(F)CN(CCCCc1ccc2c(n1)NCCC2)CCC(NC(=O)OC(C)(C)C)C(=O)O. The van der Waals surface area contributed by atoms with Crippen molar-refractivity contribution in [1.29, 1.82) is 0 Å². The predicted octanol–water partition coefficient (Wildman–Crippen LogP) is 3.71. The maximum Gasteiger partial charge on any atom is 0.408 e. The number of alkyl carbamates (subject to hydrolysis) is 1. The summed E-state index contributed by atoms with van der Waals surface area (Å²) < 4.78 is 38.4. The highest BCUT2D eigenvalue weighted by Crippen LogP contribution is 2.21. The van der Waals surface area contributed by atoms with Gasteiger partial charge < -0.3 is 25.2 Å². The Morgan fingerprint density at radius 1 is 1.25 bits per heavy atom. The largest absolute Gasteiger partial charge is 0.480 e. The number of aliphatic carboxylic acids is 1. The van der Waals surface area contributed by atoms with Crippen LogP contribution in [0.4, 0.5) is 19.4 Å². The fourth-order valence-corrected chi connectivity index (χ4v) is 4.02. The molecule has 0 radical (unpaired) electrons. The minimum Gasteiger partial charge on any atom is -0.480 e. The number of carbonyl (C=O) groups is 2. The molecule has 1 unspecified atom stereocenters. The van der Waals surface area contributed by atoms with E-state index in [1.165, 1.54) is 17.6 Å². The number of aryl methyl sites for hydroxylation is 2. The summed E-state index contributed by atoms with van der Waals surface area (Å²) in [5, 5.41) is 15.1. The Labute approximate surface area is 211 Å². The first kappa shape index (κ1) is 29.7. The van der Waals surface area contributed by atoms with Crippen LogP contribution in [0.1, 0.15) is 57.7 Å². The van der Waals surface area contributed by atoms with Crippen molar-refractivity contribution in [3.8, 4) is 0 Å². The van der Waals surface area contributed by atoms with Crippen LogP contribution in [0.5, 0.6) is 0 Å². The first-order chi connectivity index (χ1) is 16.9. The lowest BCUT2D eigenvalue weighted by Crippen LogP contribution is -2.47. The van der Waals surface area contributed by atoms with Crippen LogP contribution in [0.25, 0.3) is 0 Å². The molecule has 1 aromatic rings. The van der Waals surface area contributed by atoms with E-state index in [1.54, 1.807) is 20.8 Å². The summed E-state index contributed by atoms with van der Waals surface area (Å²) in [5.41, 5.74) is 1.38. The number of fused-ring (bicyclic) bond motifs is 1. The maximum atomic E-state index is 14.3. The number of halogens is 2. The average molecular weight is 515 g/mol. The molecule has 1 amide bonds. The number of carboxylic acid groups (broad SMARTS) is 1. The molecule has 36 heavy (non-hydrogen) atoms. The van der Waals surface area contributed by atoms with Crippen LogP contribution in [0.3, 0.4) is 0 Å². The molecule has 1 aromatic heterocycles. The molecule has 3 N–H and O–H groups in total. The number of rotatable bonds is 14. The van der Waals surface area contributed by atoms with Crippen molar-refractivity contribution in [2.75, 3.05) is 45.2 Å². The lowest BCUT2D eigenvalue weighted by atomic mass is 10.1. The lowest BCUT2D eigenvalue weighted by molar-refractivity contribution is -0.139. The summed E-state index contributed by atoms with van der Waals surface area (Å²) in [5.74, 6) is -3.41. The molecule has 0 aromatic carbocycles. The van der Waals surface area contributed by atoms with Crippen molar-refractivity contribution in [2.45, 2.75) is 76.9 Å². The van der Waals surface area contributed by atoms with E-state index in [2.05, 4.69) is 26.4 Å². The first-order valence-electron chi connectivity index (χ1n) is 12.4. The second kappa shape index (κ2) is 13.7. The van der Waals surface area contributed by atoms with E-state index < -0.39 is 42.8 Å². The number of alkyl halides is 2. The average Bonchev–Trinajstić information content (AvgIpc) is 2.77. The number of hydrogen-bond donors (Lipinski definition) is 3. The van der Waals surface area contributed by atoms with Crippen LogP contribution in [0.15, 0.2) is 12.1 Å². The number of aromatic nitrogens is 1. The molecule has 0 aliphatic carbocycles. The second-order valence-corrected chi connectivity index (χ2v) is 10.2. The Bertz CT molecular complexity index is 863. The molecular weight excluding hydrogens is 474 g/mol. The third-order valence-electron chi connectivity index (χ3n) is 5.64. The number of methoxy groups -OCH3 is 1. The van der Waals surface area contributed by atoms with E-state index in [-0.39, 0.29) is 13.0 Å². The Hall–Kier alpha value is -2.53. The van der Waals surface area contributed by atoms with Gasteiger partial charge in [-0.1, -0.05) is 6.07 Å². The van der Waals surface area contributed by atoms with Crippen molar-refractivity contribution in [1.82, 2.24) is 15.2 Å². The van der Waals surface area contributed by atoms with Crippen molar-refractivity contribution < 1.29 is 33.0 Å². The molecule has 1 aliphatic rings. The molecule has 1 atom stereocenters. The normalized spacial score (nSPS) is 14.6. The van der Waals surface area contributed by atoms with Crippen molar-refractivity contribution in [2.24, 2.45) is 0 Å². The van der Waals surface area contributed by atoms with E-state index in [1.807, 2.05) is 6.07 Å². The van der Waals surface area contributed by atoms with Gasteiger partial charge in [-0.15, -0.1) is 0 Å². The van der Waals surface area contributed by atoms with Crippen LogP contribution >= 0.6 is 0 Å². The first-order valence-corrected chi connectivity index (χ1v) is 12.4. The zero-order valence-electron chi connectivity index (χ0n) is 21.7. The molecule has 0 saturated carbocycles. The number of carbonyl (C=O) groups excluding carboxylic acids is 1. The fourth-order valence-electron chi connectivity index (χ4n) is 4.02. The highest BCUT2D eigenvalue weighted by atomic mass is 19.3. The number of carboxylic acids is 1. The molecule has 0 spiro atoms. The molecule has 0 saturated heterocycles. The minimum atomic E-state index is -3.09. The quantitative estimate of drug-likeness (QED) is 0.322. The number of nitrogens with one attached hydrogen (secondary N) is 2. The highest BCUT2D eigenvalue weighted by molar-refractivity contribution is 5.80. The molecular formula is C25H40F2N4O5. The van der Waals surface area contributed by atoms with E-state index in [0.29, 0.717) is 13.0 Å².